The van der Waals surface area contributed by atoms with E-state index in [-0.39, 0.29) is 33.9 Å². The van der Waals surface area contributed by atoms with Crippen LogP contribution in [0.25, 0.3) is 22.3 Å². The standard InChI is InChI=1S/C66H68BN3/c1-62(2,3)42-26-32-46(33-27-42)69(47-34-28-43(29-35-47)63(4,5)6)49-38-39-57-52(40-49)58-59-51(50-22-17-18-23-53(50)66(59,12)13)41-56-60(58)67(70(57)48-36-30-44(31-37-48)64(7,8)9)55-25-19-24-54(61(55)68-56)65(10,11)45-20-15-14-16-21-45/h14-41,68H,1-13H3. The molecule has 0 bridgehead atoms. The van der Waals surface area contributed by atoms with Crippen molar-refractivity contribution < 1.29 is 0 Å². The van der Waals surface area contributed by atoms with Crippen LogP contribution in [0.3, 0.4) is 0 Å². The van der Waals surface area contributed by atoms with Crippen LogP contribution in [0.15, 0.2) is 170 Å². The number of rotatable bonds is 6. The minimum Gasteiger partial charge on any atom is -0.376 e. The van der Waals surface area contributed by atoms with E-state index in [9.17, 15) is 0 Å². The number of hydrogen-bond acceptors (Lipinski definition) is 3. The molecule has 350 valence electrons. The molecule has 4 heteroatoms. The van der Waals surface area contributed by atoms with E-state index in [1.165, 1.54) is 94.9 Å². The van der Waals surface area contributed by atoms with E-state index in [1.54, 1.807) is 0 Å². The van der Waals surface area contributed by atoms with Gasteiger partial charge < -0.3 is 15.0 Å². The summed E-state index contributed by atoms with van der Waals surface area (Å²) in [5.41, 5.74) is 24.9. The molecule has 0 atom stereocenters. The van der Waals surface area contributed by atoms with Gasteiger partial charge in [-0.05, 0) is 143 Å². The highest BCUT2D eigenvalue weighted by molar-refractivity contribution is 6.93. The van der Waals surface area contributed by atoms with E-state index in [0.717, 1.165) is 17.1 Å². The molecule has 0 fully saturated rings. The predicted octanol–water partition coefficient (Wildman–Crippen LogP) is 16.7. The fraction of sp³-hybridized carbons (Fsp3) is 0.273. The van der Waals surface area contributed by atoms with Crippen molar-refractivity contribution in [3.8, 4) is 22.3 Å². The van der Waals surface area contributed by atoms with Gasteiger partial charge in [0.2, 0.25) is 0 Å². The number of benzene rings is 8. The maximum Gasteiger partial charge on any atom is 0.333 e. The molecule has 8 aromatic rings. The average molecular weight is 914 g/mol. The Morgan fingerprint density at radius 3 is 1.61 bits per heavy atom. The Balaban J connectivity index is 1.22. The molecule has 1 aliphatic carbocycles. The third-order valence-electron chi connectivity index (χ3n) is 16.0. The molecule has 0 radical (unpaired) electrons. The Kier molecular flexibility index (Phi) is 10.4. The Bertz CT molecular complexity index is 3260. The lowest BCUT2D eigenvalue weighted by molar-refractivity contribution is 0.590. The second-order valence-corrected chi connectivity index (χ2v) is 24.4. The van der Waals surface area contributed by atoms with Crippen molar-refractivity contribution >= 4 is 57.6 Å². The highest BCUT2D eigenvalue weighted by atomic mass is 15.1. The lowest BCUT2D eigenvalue weighted by atomic mass is 9.42. The summed E-state index contributed by atoms with van der Waals surface area (Å²) in [5, 5.41) is 4.23. The van der Waals surface area contributed by atoms with Crippen molar-refractivity contribution in [1.29, 1.82) is 0 Å². The number of nitrogens with one attached hydrogen (secondary N) is 1. The Hall–Kier alpha value is -6.78. The van der Waals surface area contributed by atoms with Crippen LogP contribution in [0, 0.1) is 0 Å². The third kappa shape index (κ3) is 7.23. The maximum atomic E-state index is 4.23. The first-order chi connectivity index (χ1) is 33.1. The lowest BCUT2D eigenvalue weighted by Crippen LogP contribution is -2.61. The summed E-state index contributed by atoms with van der Waals surface area (Å²) in [6, 6.07) is 64.9. The van der Waals surface area contributed by atoms with Crippen LogP contribution in [0.5, 0.6) is 0 Å². The van der Waals surface area contributed by atoms with Crippen molar-refractivity contribution in [2.75, 3.05) is 15.0 Å². The van der Waals surface area contributed by atoms with Crippen LogP contribution in [-0.4, -0.2) is 6.85 Å². The molecular formula is C66H68BN3. The molecule has 1 N–H and O–H groups in total. The minimum absolute atomic E-state index is 0.0209. The molecule has 11 rings (SSSR count). The van der Waals surface area contributed by atoms with Crippen molar-refractivity contribution in [1.82, 2.24) is 0 Å². The normalized spacial score (nSPS) is 14.5. The van der Waals surface area contributed by atoms with E-state index < -0.39 is 0 Å². The first-order valence-electron chi connectivity index (χ1n) is 25.5. The Labute approximate surface area is 418 Å². The molecule has 3 aliphatic rings. The fourth-order valence-electron chi connectivity index (χ4n) is 11.9. The lowest BCUT2D eigenvalue weighted by Gasteiger charge is -2.45. The van der Waals surface area contributed by atoms with Gasteiger partial charge in [-0.2, -0.15) is 0 Å². The van der Waals surface area contributed by atoms with Gasteiger partial charge in [0.1, 0.15) is 0 Å². The van der Waals surface area contributed by atoms with Gasteiger partial charge >= 0.3 is 6.85 Å². The summed E-state index contributed by atoms with van der Waals surface area (Å²) in [5.74, 6) is 0. The number of anilines is 7. The second kappa shape index (κ2) is 15.9. The van der Waals surface area contributed by atoms with Crippen LogP contribution in [0.4, 0.5) is 39.8 Å². The van der Waals surface area contributed by atoms with Gasteiger partial charge in [0.05, 0.1) is 0 Å². The molecule has 0 saturated heterocycles. The fourth-order valence-corrected chi connectivity index (χ4v) is 11.9. The van der Waals surface area contributed by atoms with E-state index in [2.05, 4.69) is 275 Å². The molecular weight excluding hydrogens is 846 g/mol. The molecule has 0 amide bonds. The van der Waals surface area contributed by atoms with Crippen LogP contribution in [0.2, 0.25) is 0 Å². The zero-order chi connectivity index (χ0) is 49.3. The van der Waals surface area contributed by atoms with Gasteiger partial charge in [0.15, 0.2) is 0 Å². The molecule has 0 aromatic heterocycles. The third-order valence-corrected chi connectivity index (χ3v) is 16.0. The van der Waals surface area contributed by atoms with Gasteiger partial charge in [0, 0.05) is 56.2 Å². The summed E-state index contributed by atoms with van der Waals surface area (Å²) in [6.07, 6.45) is 0. The molecule has 0 spiro atoms. The van der Waals surface area contributed by atoms with Crippen molar-refractivity contribution in [3.63, 3.8) is 0 Å². The number of hydrogen-bond donors (Lipinski definition) is 1. The summed E-state index contributed by atoms with van der Waals surface area (Å²) < 4.78 is 0. The van der Waals surface area contributed by atoms with Crippen LogP contribution in [-0.2, 0) is 27.1 Å². The quantitative estimate of drug-likeness (QED) is 0.168. The van der Waals surface area contributed by atoms with E-state index in [1.807, 2.05) is 0 Å². The molecule has 2 heterocycles. The van der Waals surface area contributed by atoms with Crippen LogP contribution < -0.4 is 26.0 Å². The molecule has 70 heavy (non-hydrogen) atoms. The first kappa shape index (κ1) is 45.7. The summed E-state index contributed by atoms with van der Waals surface area (Å²) in [4.78, 5) is 5.13. The smallest absolute Gasteiger partial charge is 0.333 e. The molecule has 8 aromatic carbocycles. The molecule has 0 saturated carbocycles. The number of para-hydroxylation sites is 1. The monoisotopic (exact) mass is 914 g/mol. The topological polar surface area (TPSA) is 18.5 Å². The van der Waals surface area contributed by atoms with Crippen molar-refractivity contribution in [3.05, 3.63) is 209 Å². The SMILES string of the molecule is CC(C)(C)c1ccc(N2B3c4cccc(C(C)(C)c5ccccc5)c4Nc4cc5c(c(c43)-c3cc(N(c4ccc(C(C)(C)C)cc4)c4ccc(C(C)(C)C)cc4)ccc32)C(C)(C)c2ccccc2-5)cc1. The summed E-state index contributed by atoms with van der Waals surface area (Å²) in [6.45, 7) is 30.2. The minimum atomic E-state index is -0.272. The highest BCUT2D eigenvalue weighted by Crippen LogP contribution is 2.57. The zero-order valence-corrected chi connectivity index (χ0v) is 43.6. The maximum absolute atomic E-state index is 4.23. The highest BCUT2D eigenvalue weighted by Gasteiger charge is 2.49. The molecule has 2 aliphatic heterocycles. The van der Waals surface area contributed by atoms with Crippen molar-refractivity contribution in [2.45, 2.75) is 117 Å². The van der Waals surface area contributed by atoms with E-state index in [4.69, 9.17) is 0 Å². The van der Waals surface area contributed by atoms with Crippen molar-refractivity contribution in [2.24, 2.45) is 0 Å². The molecule has 0 unspecified atom stereocenters. The van der Waals surface area contributed by atoms with E-state index in [0.29, 0.717) is 0 Å². The number of nitrogens with zero attached hydrogens (tertiary/aromatic N) is 2. The Morgan fingerprint density at radius 2 is 1.03 bits per heavy atom. The van der Waals surface area contributed by atoms with Gasteiger partial charge in [-0.25, -0.2) is 0 Å². The summed E-state index contributed by atoms with van der Waals surface area (Å²) in [7, 11) is 0. The van der Waals surface area contributed by atoms with Gasteiger partial charge in [-0.1, -0.05) is 199 Å². The zero-order valence-electron chi connectivity index (χ0n) is 43.6. The van der Waals surface area contributed by atoms with Crippen LogP contribution in [0.1, 0.15) is 129 Å². The second-order valence-electron chi connectivity index (χ2n) is 24.4. The van der Waals surface area contributed by atoms with Gasteiger partial charge in [0.25, 0.3) is 0 Å². The van der Waals surface area contributed by atoms with Gasteiger partial charge in [-0.15, -0.1) is 0 Å². The average Bonchev–Trinajstić information content (AvgIpc) is 3.56. The predicted molar refractivity (Wildman–Crippen MR) is 302 cm³/mol. The summed E-state index contributed by atoms with van der Waals surface area (Å²) >= 11 is 0. The largest absolute Gasteiger partial charge is 0.376 e. The Morgan fingerprint density at radius 1 is 0.486 bits per heavy atom. The number of fused-ring (bicyclic) bond motifs is 8. The molecule has 3 nitrogen and oxygen atoms in total. The van der Waals surface area contributed by atoms with Crippen LogP contribution >= 0.6 is 0 Å². The first-order valence-corrected chi connectivity index (χ1v) is 25.5. The van der Waals surface area contributed by atoms with Gasteiger partial charge in [-0.3, -0.25) is 0 Å². The van der Waals surface area contributed by atoms with E-state index >= 15 is 0 Å².